The van der Waals surface area contributed by atoms with Gasteiger partial charge in [-0.15, -0.1) is 0 Å². The van der Waals surface area contributed by atoms with E-state index >= 15 is 0 Å². The molecule has 2 aromatic carbocycles. The van der Waals surface area contributed by atoms with Gasteiger partial charge in [0.1, 0.15) is 0 Å². The molecule has 0 heterocycles. The Morgan fingerprint density at radius 1 is 1.19 bits per heavy atom. The maximum Gasteiger partial charge on any atom is 0.256 e. The molecule has 0 radical (unpaired) electrons. The molecule has 0 fully saturated rings. The lowest BCUT2D eigenvalue weighted by Crippen LogP contribution is -2.17. The third-order valence-electron chi connectivity index (χ3n) is 3.20. The number of carbonyl (C=O) groups is 1. The van der Waals surface area contributed by atoms with Crippen LogP contribution in [0.3, 0.4) is 0 Å². The lowest BCUT2D eigenvalue weighted by Gasteiger charge is -2.12. The lowest BCUT2D eigenvalue weighted by molar-refractivity contribution is 0.102. The zero-order valence-electron chi connectivity index (χ0n) is 12.2. The third kappa shape index (κ3) is 4.16. The topological polar surface area (TPSA) is 41.1 Å². The summed E-state index contributed by atoms with van der Waals surface area (Å²) in [6.07, 6.45) is 0. The van der Waals surface area contributed by atoms with E-state index in [0.29, 0.717) is 5.56 Å². The molecular formula is C17H19BrN2O. The fraction of sp³-hybridized carbons (Fsp3) is 0.235. The molecule has 21 heavy (non-hydrogen) atoms. The van der Waals surface area contributed by atoms with Gasteiger partial charge in [0, 0.05) is 16.7 Å². The molecule has 2 aromatic rings. The maximum absolute atomic E-state index is 12.4. The van der Waals surface area contributed by atoms with Crippen molar-refractivity contribution in [1.29, 1.82) is 0 Å². The van der Waals surface area contributed by atoms with Crippen molar-refractivity contribution in [1.82, 2.24) is 5.32 Å². The number of halogens is 1. The number of benzene rings is 2. The van der Waals surface area contributed by atoms with E-state index in [1.165, 1.54) is 0 Å². The molecule has 0 atom stereocenters. The first-order valence-electron chi connectivity index (χ1n) is 6.98. The quantitative estimate of drug-likeness (QED) is 0.854. The molecule has 0 bridgehead atoms. The first-order chi connectivity index (χ1) is 10.1. The second kappa shape index (κ2) is 7.38. The second-order valence-corrected chi connectivity index (χ2v) is 5.73. The van der Waals surface area contributed by atoms with E-state index in [1.54, 1.807) is 0 Å². The zero-order valence-corrected chi connectivity index (χ0v) is 13.8. The molecule has 2 rings (SSSR count). The summed E-state index contributed by atoms with van der Waals surface area (Å²) in [6.45, 7) is 5.69. The van der Waals surface area contributed by atoms with E-state index in [2.05, 4.69) is 33.5 Å². The lowest BCUT2D eigenvalue weighted by atomic mass is 10.1. The van der Waals surface area contributed by atoms with Crippen LogP contribution in [-0.2, 0) is 6.54 Å². The van der Waals surface area contributed by atoms with Crippen molar-refractivity contribution in [3.8, 4) is 0 Å². The first kappa shape index (κ1) is 15.7. The summed E-state index contributed by atoms with van der Waals surface area (Å²) in [5.41, 5.74) is 3.68. The van der Waals surface area contributed by atoms with Gasteiger partial charge in [0.2, 0.25) is 0 Å². The molecular weight excluding hydrogens is 328 g/mol. The van der Waals surface area contributed by atoms with E-state index in [9.17, 15) is 4.79 Å². The van der Waals surface area contributed by atoms with Crippen molar-refractivity contribution < 1.29 is 4.79 Å². The van der Waals surface area contributed by atoms with E-state index in [-0.39, 0.29) is 5.91 Å². The van der Waals surface area contributed by atoms with Crippen LogP contribution < -0.4 is 10.6 Å². The summed E-state index contributed by atoms with van der Waals surface area (Å²) in [4.78, 5) is 12.4. The summed E-state index contributed by atoms with van der Waals surface area (Å²) in [5, 5.41) is 6.26. The SMILES string of the molecule is CCNCc1ccccc1NC(=O)c1ccc(C)cc1Br. The van der Waals surface area contributed by atoms with Gasteiger partial charge in [0.25, 0.3) is 5.91 Å². The Morgan fingerprint density at radius 3 is 2.67 bits per heavy atom. The number of aryl methyl sites for hydroxylation is 1. The highest BCUT2D eigenvalue weighted by Gasteiger charge is 2.12. The average Bonchev–Trinajstić information content (AvgIpc) is 2.46. The number of carbonyl (C=O) groups excluding carboxylic acids is 1. The van der Waals surface area contributed by atoms with Crippen molar-refractivity contribution in [2.75, 3.05) is 11.9 Å². The number of amides is 1. The standard InChI is InChI=1S/C17H19BrN2O/c1-3-19-11-13-6-4-5-7-16(13)20-17(21)14-9-8-12(2)10-15(14)18/h4-10,19H,3,11H2,1-2H3,(H,20,21). The van der Waals surface area contributed by atoms with Gasteiger partial charge >= 0.3 is 0 Å². The number of para-hydroxylation sites is 1. The van der Waals surface area contributed by atoms with Crippen molar-refractivity contribution in [3.05, 3.63) is 63.6 Å². The second-order valence-electron chi connectivity index (χ2n) is 4.87. The molecule has 0 spiro atoms. The van der Waals surface area contributed by atoms with Gasteiger partial charge in [0.15, 0.2) is 0 Å². The Hall–Kier alpha value is -1.65. The van der Waals surface area contributed by atoms with Crippen LogP contribution in [0.2, 0.25) is 0 Å². The number of hydrogen-bond donors (Lipinski definition) is 2. The fourth-order valence-electron chi connectivity index (χ4n) is 2.05. The Bertz CT molecular complexity index is 640. The first-order valence-corrected chi connectivity index (χ1v) is 7.77. The summed E-state index contributed by atoms with van der Waals surface area (Å²) >= 11 is 3.45. The van der Waals surface area contributed by atoms with Crippen LogP contribution in [0.15, 0.2) is 46.9 Å². The Labute approximate surface area is 133 Å². The number of hydrogen-bond acceptors (Lipinski definition) is 2. The largest absolute Gasteiger partial charge is 0.322 e. The molecule has 0 aromatic heterocycles. The van der Waals surface area contributed by atoms with Crippen LogP contribution in [0.5, 0.6) is 0 Å². The van der Waals surface area contributed by atoms with E-state index in [4.69, 9.17) is 0 Å². The zero-order chi connectivity index (χ0) is 15.2. The van der Waals surface area contributed by atoms with E-state index in [1.807, 2.05) is 49.4 Å². The molecule has 0 unspecified atom stereocenters. The van der Waals surface area contributed by atoms with E-state index < -0.39 is 0 Å². The van der Waals surface area contributed by atoms with Crippen LogP contribution in [0, 0.1) is 6.92 Å². The highest BCUT2D eigenvalue weighted by molar-refractivity contribution is 9.10. The van der Waals surface area contributed by atoms with Crippen molar-refractivity contribution in [3.63, 3.8) is 0 Å². The Morgan fingerprint density at radius 2 is 1.95 bits per heavy atom. The van der Waals surface area contributed by atoms with Crippen LogP contribution in [-0.4, -0.2) is 12.5 Å². The molecule has 4 heteroatoms. The molecule has 0 aliphatic rings. The molecule has 3 nitrogen and oxygen atoms in total. The summed E-state index contributed by atoms with van der Waals surface area (Å²) in [7, 11) is 0. The normalized spacial score (nSPS) is 10.4. The molecule has 2 N–H and O–H groups in total. The van der Waals surface area contributed by atoms with Gasteiger partial charge in [-0.25, -0.2) is 0 Å². The minimum Gasteiger partial charge on any atom is -0.322 e. The summed E-state index contributed by atoms with van der Waals surface area (Å²) < 4.78 is 0.809. The molecule has 1 amide bonds. The number of rotatable bonds is 5. The third-order valence-corrected chi connectivity index (χ3v) is 3.86. The minimum absolute atomic E-state index is 0.106. The smallest absolute Gasteiger partial charge is 0.256 e. The van der Waals surface area contributed by atoms with Gasteiger partial charge in [-0.3, -0.25) is 4.79 Å². The van der Waals surface area contributed by atoms with Gasteiger partial charge < -0.3 is 10.6 Å². The predicted octanol–water partition coefficient (Wildman–Crippen LogP) is 4.12. The summed E-state index contributed by atoms with van der Waals surface area (Å²) in [6, 6.07) is 13.6. The monoisotopic (exact) mass is 346 g/mol. The van der Waals surface area contributed by atoms with Crippen LogP contribution in [0.25, 0.3) is 0 Å². The minimum atomic E-state index is -0.106. The maximum atomic E-state index is 12.4. The molecule has 110 valence electrons. The van der Waals surface area contributed by atoms with Crippen molar-refractivity contribution >= 4 is 27.5 Å². The van der Waals surface area contributed by atoms with Crippen LogP contribution in [0.4, 0.5) is 5.69 Å². The Balaban J connectivity index is 2.19. The van der Waals surface area contributed by atoms with Crippen LogP contribution >= 0.6 is 15.9 Å². The highest BCUT2D eigenvalue weighted by Crippen LogP contribution is 2.21. The van der Waals surface area contributed by atoms with Gasteiger partial charge in [-0.2, -0.15) is 0 Å². The average molecular weight is 347 g/mol. The highest BCUT2D eigenvalue weighted by atomic mass is 79.9. The van der Waals surface area contributed by atoms with Gasteiger partial charge in [0.05, 0.1) is 5.56 Å². The number of anilines is 1. The molecule has 0 saturated heterocycles. The molecule has 0 saturated carbocycles. The van der Waals surface area contributed by atoms with Gasteiger partial charge in [-0.05, 0) is 58.7 Å². The number of nitrogens with one attached hydrogen (secondary N) is 2. The van der Waals surface area contributed by atoms with E-state index in [0.717, 1.165) is 34.4 Å². The fourth-order valence-corrected chi connectivity index (χ4v) is 2.72. The molecule has 0 aliphatic heterocycles. The van der Waals surface area contributed by atoms with Crippen LogP contribution in [0.1, 0.15) is 28.4 Å². The van der Waals surface area contributed by atoms with Crippen molar-refractivity contribution in [2.45, 2.75) is 20.4 Å². The predicted molar refractivity (Wildman–Crippen MR) is 90.7 cm³/mol. The molecule has 0 aliphatic carbocycles. The summed E-state index contributed by atoms with van der Waals surface area (Å²) in [5.74, 6) is -0.106. The van der Waals surface area contributed by atoms with Gasteiger partial charge in [-0.1, -0.05) is 31.2 Å². The van der Waals surface area contributed by atoms with Crippen molar-refractivity contribution in [2.24, 2.45) is 0 Å². The Kier molecular flexibility index (Phi) is 5.53.